The van der Waals surface area contributed by atoms with E-state index in [1.807, 2.05) is 37.3 Å². The Morgan fingerprint density at radius 2 is 2.08 bits per heavy atom. The standard InChI is InChI=1S/C21H24N2O3/c1-4-12-11-23(2)17-9-15-13-7-5-6-8-16(13)22-20(15)18(24)10-14(12)19(17)21(25)26-3/h4-8,14,17,19,22H,9-11H2,1-3H3/t14-,17+,19-/m1/s1. The van der Waals surface area contributed by atoms with Crippen LogP contribution >= 0.6 is 0 Å². The van der Waals surface area contributed by atoms with Crippen LogP contribution in [0.25, 0.3) is 10.9 Å². The normalized spacial score (nSPS) is 27.9. The van der Waals surface area contributed by atoms with Gasteiger partial charge < -0.3 is 9.72 Å². The van der Waals surface area contributed by atoms with Crippen molar-refractivity contribution in [3.05, 3.63) is 47.2 Å². The highest BCUT2D eigenvalue weighted by atomic mass is 16.5. The number of esters is 1. The van der Waals surface area contributed by atoms with Crippen LogP contribution in [0, 0.1) is 11.8 Å². The summed E-state index contributed by atoms with van der Waals surface area (Å²) in [5, 5.41) is 1.07. The number of para-hydroxylation sites is 1. The van der Waals surface area contributed by atoms with Crippen LogP contribution in [0.4, 0.5) is 0 Å². The zero-order valence-electron chi connectivity index (χ0n) is 15.4. The zero-order chi connectivity index (χ0) is 18.4. The highest BCUT2D eigenvalue weighted by Crippen LogP contribution is 2.41. The van der Waals surface area contributed by atoms with E-state index in [2.05, 4.69) is 16.9 Å². The molecule has 26 heavy (non-hydrogen) atoms. The Morgan fingerprint density at radius 3 is 2.81 bits per heavy atom. The third-order valence-corrected chi connectivity index (χ3v) is 6.08. The van der Waals surface area contributed by atoms with Gasteiger partial charge in [-0.3, -0.25) is 14.5 Å². The molecule has 136 valence electrons. The minimum Gasteiger partial charge on any atom is -0.469 e. The average molecular weight is 352 g/mol. The minimum absolute atomic E-state index is 0.0159. The molecule has 1 N–H and O–H groups in total. The van der Waals surface area contributed by atoms with E-state index in [9.17, 15) is 9.59 Å². The Morgan fingerprint density at radius 1 is 1.31 bits per heavy atom. The molecule has 2 aromatic rings. The number of ketones is 1. The number of ether oxygens (including phenoxy) is 1. The van der Waals surface area contributed by atoms with E-state index in [1.165, 1.54) is 7.11 Å². The Kier molecular flexibility index (Phi) is 4.19. The lowest BCUT2D eigenvalue weighted by atomic mass is 9.70. The first-order chi connectivity index (χ1) is 12.5. The van der Waals surface area contributed by atoms with Gasteiger partial charge in [0.1, 0.15) is 0 Å². The number of likely N-dealkylation sites (N-methyl/N-ethyl adjacent to an activating group) is 1. The number of methoxy groups -OCH3 is 1. The van der Waals surface area contributed by atoms with Crippen LogP contribution in [0.1, 0.15) is 29.4 Å². The summed E-state index contributed by atoms with van der Waals surface area (Å²) in [6.45, 7) is 2.76. The van der Waals surface area contributed by atoms with E-state index in [0.29, 0.717) is 18.5 Å². The minimum atomic E-state index is -0.323. The molecule has 2 aliphatic rings. The van der Waals surface area contributed by atoms with Gasteiger partial charge in [-0.2, -0.15) is 0 Å². The van der Waals surface area contributed by atoms with Gasteiger partial charge in [-0.25, -0.2) is 0 Å². The van der Waals surface area contributed by atoms with Gasteiger partial charge in [0.15, 0.2) is 5.78 Å². The molecule has 1 fully saturated rings. The quantitative estimate of drug-likeness (QED) is 0.633. The molecular formula is C21H24N2O3. The van der Waals surface area contributed by atoms with Gasteiger partial charge in [-0.15, -0.1) is 0 Å². The van der Waals surface area contributed by atoms with Crippen molar-refractivity contribution in [3.8, 4) is 0 Å². The van der Waals surface area contributed by atoms with Gasteiger partial charge in [0.05, 0.1) is 18.7 Å². The number of carbonyl (C=O) groups excluding carboxylic acids is 2. The number of hydrogen-bond donors (Lipinski definition) is 1. The second-order valence-corrected chi connectivity index (χ2v) is 7.36. The van der Waals surface area contributed by atoms with Gasteiger partial charge in [-0.1, -0.05) is 29.8 Å². The molecule has 5 nitrogen and oxygen atoms in total. The predicted molar refractivity (Wildman–Crippen MR) is 100 cm³/mol. The number of hydrogen-bond acceptors (Lipinski definition) is 4. The summed E-state index contributed by atoms with van der Waals surface area (Å²) < 4.78 is 5.14. The van der Waals surface area contributed by atoms with Crippen molar-refractivity contribution in [2.75, 3.05) is 20.7 Å². The summed E-state index contributed by atoms with van der Waals surface area (Å²) in [5.41, 5.74) is 3.85. The number of aromatic nitrogens is 1. The van der Waals surface area contributed by atoms with Crippen LogP contribution in [0.15, 0.2) is 35.9 Å². The first kappa shape index (κ1) is 17.0. The molecule has 1 aromatic carbocycles. The number of H-pyrrole nitrogens is 1. The number of rotatable bonds is 1. The Labute approximate surface area is 153 Å². The third-order valence-electron chi connectivity index (χ3n) is 6.08. The Balaban J connectivity index is 1.91. The van der Waals surface area contributed by atoms with E-state index in [0.717, 1.165) is 28.6 Å². The molecule has 0 saturated carbocycles. The van der Waals surface area contributed by atoms with Crippen LogP contribution in [-0.4, -0.2) is 48.4 Å². The lowest BCUT2D eigenvalue weighted by molar-refractivity contribution is -0.150. The smallest absolute Gasteiger partial charge is 0.310 e. The number of allylic oxidation sites excluding steroid dienone is 1. The number of piperidine rings is 1. The maximum absolute atomic E-state index is 13.1. The SMILES string of the molecule is CC=C1CN(C)[C@H]2Cc3c([nH]c4ccccc34)C(=O)C[C@H]1[C@H]2C(=O)OC. The summed E-state index contributed by atoms with van der Waals surface area (Å²) in [5.74, 6) is -0.559. The summed E-state index contributed by atoms with van der Waals surface area (Å²) in [4.78, 5) is 31.3. The molecule has 0 spiro atoms. The number of Topliss-reactive ketones (excluding diaryl/α,β-unsaturated/α-hetero) is 1. The van der Waals surface area contributed by atoms with Gasteiger partial charge in [0.25, 0.3) is 0 Å². The van der Waals surface area contributed by atoms with Crippen molar-refractivity contribution in [3.63, 3.8) is 0 Å². The molecule has 2 heterocycles. The van der Waals surface area contributed by atoms with Crippen LogP contribution < -0.4 is 0 Å². The molecule has 1 aliphatic carbocycles. The molecule has 4 rings (SSSR count). The van der Waals surface area contributed by atoms with E-state index < -0.39 is 0 Å². The van der Waals surface area contributed by atoms with E-state index in [-0.39, 0.29) is 29.6 Å². The number of nitrogens with one attached hydrogen (secondary N) is 1. The monoisotopic (exact) mass is 352 g/mol. The van der Waals surface area contributed by atoms with Crippen LogP contribution in [0.5, 0.6) is 0 Å². The molecule has 1 aliphatic heterocycles. The topological polar surface area (TPSA) is 62.4 Å². The maximum Gasteiger partial charge on any atom is 0.310 e. The van der Waals surface area contributed by atoms with Crippen molar-refractivity contribution in [2.24, 2.45) is 11.8 Å². The van der Waals surface area contributed by atoms with Crippen molar-refractivity contribution < 1.29 is 14.3 Å². The summed E-state index contributed by atoms with van der Waals surface area (Å²) in [6, 6.07) is 8.02. The molecule has 5 heteroatoms. The fourth-order valence-electron chi connectivity index (χ4n) is 4.76. The molecule has 0 amide bonds. The van der Waals surface area contributed by atoms with E-state index >= 15 is 0 Å². The van der Waals surface area contributed by atoms with Crippen LogP contribution in [-0.2, 0) is 16.0 Å². The van der Waals surface area contributed by atoms with Crippen molar-refractivity contribution in [1.82, 2.24) is 9.88 Å². The summed E-state index contributed by atoms with van der Waals surface area (Å²) in [7, 11) is 3.49. The van der Waals surface area contributed by atoms with Gasteiger partial charge in [0.2, 0.25) is 0 Å². The number of nitrogens with zero attached hydrogens (tertiary/aromatic N) is 1. The number of benzene rings is 1. The molecule has 0 radical (unpaired) electrons. The summed E-state index contributed by atoms with van der Waals surface area (Å²) in [6.07, 6.45) is 3.05. The third kappa shape index (κ3) is 2.50. The number of aromatic amines is 1. The van der Waals surface area contributed by atoms with Crippen LogP contribution in [0.3, 0.4) is 0 Å². The maximum atomic E-state index is 13.1. The molecule has 3 atom stereocenters. The lowest BCUT2D eigenvalue weighted by Crippen LogP contribution is -2.54. The highest BCUT2D eigenvalue weighted by Gasteiger charge is 2.46. The second kappa shape index (κ2) is 6.40. The van der Waals surface area contributed by atoms with Gasteiger partial charge in [-0.05, 0) is 32.0 Å². The molecule has 1 saturated heterocycles. The van der Waals surface area contributed by atoms with E-state index in [4.69, 9.17) is 4.74 Å². The Bertz CT molecular complexity index is 911. The van der Waals surface area contributed by atoms with Crippen molar-refractivity contribution in [2.45, 2.75) is 25.8 Å². The van der Waals surface area contributed by atoms with Crippen LogP contribution in [0.2, 0.25) is 0 Å². The van der Waals surface area contributed by atoms with E-state index in [1.54, 1.807) is 0 Å². The number of fused-ring (bicyclic) bond motifs is 5. The largest absolute Gasteiger partial charge is 0.469 e. The predicted octanol–water partition coefficient (Wildman–Crippen LogP) is 2.96. The fraction of sp³-hybridized carbons (Fsp3) is 0.429. The number of likely N-dealkylation sites (tertiary alicyclic amines) is 1. The first-order valence-corrected chi connectivity index (χ1v) is 9.11. The van der Waals surface area contributed by atoms with Crippen molar-refractivity contribution >= 4 is 22.7 Å². The van der Waals surface area contributed by atoms with Crippen molar-refractivity contribution in [1.29, 1.82) is 0 Å². The van der Waals surface area contributed by atoms with Gasteiger partial charge in [0, 0.05) is 35.8 Å². The molecule has 1 aromatic heterocycles. The second-order valence-electron chi connectivity index (χ2n) is 7.36. The van der Waals surface area contributed by atoms with Gasteiger partial charge >= 0.3 is 5.97 Å². The summed E-state index contributed by atoms with van der Waals surface area (Å²) >= 11 is 0. The fourth-order valence-corrected chi connectivity index (χ4v) is 4.76. The molecule has 2 bridgehead atoms. The number of carbonyl (C=O) groups is 2. The molecular weight excluding hydrogens is 328 g/mol. The average Bonchev–Trinajstić information content (AvgIpc) is 3.01. The zero-order valence-corrected chi connectivity index (χ0v) is 15.4. The lowest BCUT2D eigenvalue weighted by Gasteiger charge is -2.45. The first-order valence-electron chi connectivity index (χ1n) is 9.11. The molecule has 0 unspecified atom stereocenters. The Hall–Kier alpha value is -2.40. The highest BCUT2D eigenvalue weighted by molar-refractivity contribution is 6.03.